The molecule has 2 aliphatic rings. The van der Waals surface area contributed by atoms with Crippen LogP contribution in [0.3, 0.4) is 0 Å². The van der Waals surface area contributed by atoms with Gasteiger partial charge in [-0.1, -0.05) is 6.07 Å². The first-order chi connectivity index (χ1) is 12.3. The molecule has 1 fully saturated rings. The summed E-state index contributed by atoms with van der Waals surface area (Å²) in [7, 11) is 0. The molecule has 2 aromatic rings. The second-order valence-corrected chi connectivity index (χ2v) is 6.33. The molecule has 0 radical (unpaired) electrons. The molecule has 7 nitrogen and oxygen atoms in total. The van der Waals surface area contributed by atoms with Gasteiger partial charge in [-0.15, -0.1) is 0 Å². The van der Waals surface area contributed by atoms with Gasteiger partial charge >= 0.3 is 0 Å². The van der Waals surface area contributed by atoms with Crippen LogP contribution in [0.4, 0.5) is 5.95 Å². The number of hydrazone groups is 1. The molecule has 25 heavy (non-hydrogen) atoms. The Morgan fingerprint density at radius 3 is 2.60 bits per heavy atom. The summed E-state index contributed by atoms with van der Waals surface area (Å²) >= 11 is 0. The highest BCUT2D eigenvalue weighted by atomic mass is 16.2. The molecule has 1 amide bonds. The van der Waals surface area contributed by atoms with Crippen molar-refractivity contribution in [2.24, 2.45) is 11.0 Å². The molecule has 0 aromatic carbocycles. The van der Waals surface area contributed by atoms with E-state index in [4.69, 9.17) is 0 Å². The molecule has 0 bridgehead atoms. The minimum absolute atomic E-state index is 0.00520. The monoisotopic (exact) mass is 336 g/mol. The number of carbonyl (C=O) groups is 1. The average molecular weight is 336 g/mol. The second kappa shape index (κ2) is 6.96. The fraction of sp³-hybridized carbons (Fsp3) is 0.389. The molecule has 128 valence electrons. The van der Waals surface area contributed by atoms with E-state index in [0.29, 0.717) is 0 Å². The van der Waals surface area contributed by atoms with Gasteiger partial charge in [-0.3, -0.25) is 9.78 Å². The van der Waals surface area contributed by atoms with E-state index in [1.54, 1.807) is 23.6 Å². The Morgan fingerprint density at radius 2 is 1.88 bits per heavy atom. The fourth-order valence-corrected chi connectivity index (χ4v) is 3.44. The Kier molecular flexibility index (Phi) is 4.37. The lowest BCUT2D eigenvalue weighted by atomic mass is 9.95. The van der Waals surface area contributed by atoms with Crippen LogP contribution in [0.2, 0.25) is 0 Å². The predicted molar refractivity (Wildman–Crippen MR) is 93.9 cm³/mol. The van der Waals surface area contributed by atoms with E-state index in [2.05, 4.69) is 25.0 Å². The number of pyridine rings is 1. The lowest BCUT2D eigenvalue weighted by Gasteiger charge is -2.33. The number of rotatable bonds is 3. The number of amides is 1. The summed E-state index contributed by atoms with van der Waals surface area (Å²) in [5.74, 6) is 0.839. The van der Waals surface area contributed by atoms with E-state index < -0.39 is 0 Å². The maximum absolute atomic E-state index is 13.0. The van der Waals surface area contributed by atoms with Crippen molar-refractivity contribution >= 4 is 18.1 Å². The van der Waals surface area contributed by atoms with E-state index in [-0.39, 0.29) is 17.9 Å². The molecule has 4 rings (SSSR count). The molecule has 0 saturated carbocycles. The summed E-state index contributed by atoms with van der Waals surface area (Å²) in [5.41, 5.74) is 1.03. The number of hydrogen-bond acceptors (Lipinski definition) is 6. The minimum Gasteiger partial charge on any atom is -0.341 e. The van der Waals surface area contributed by atoms with Crippen molar-refractivity contribution in [1.82, 2.24) is 20.0 Å². The van der Waals surface area contributed by atoms with Gasteiger partial charge in [0.05, 0.1) is 6.04 Å². The molecular formula is C18H20N6O. The third-order valence-electron chi connectivity index (χ3n) is 4.80. The smallest absolute Gasteiger partial charge is 0.246 e. The quantitative estimate of drug-likeness (QED) is 0.857. The number of anilines is 1. The Balaban J connectivity index is 1.41. The third-order valence-corrected chi connectivity index (χ3v) is 4.80. The Labute approximate surface area is 146 Å². The number of nitrogens with zero attached hydrogens (tertiary/aromatic N) is 6. The largest absolute Gasteiger partial charge is 0.341 e. The Bertz CT molecular complexity index is 743. The van der Waals surface area contributed by atoms with Crippen molar-refractivity contribution in [3.05, 3.63) is 48.5 Å². The van der Waals surface area contributed by atoms with Crippen LogP contribution in [-0.2, 0) is 4.79 Å². The zero-order valence-electron chi connectivity index (χ0n) is 13.9. The first-order valence-corrected chi connectivity index (χ1v) is 8.60. The summed E-state index contributed by atoms with van der Waals surface area (Å²) in [6, 6.07) is 5.68. The van der Waals surface area contributed by atoms with E-state index in [9.17, 15) is 4.79 Å². The van der Waals surface area contributed by atoms with Gasteiger partial charge in [0.15, 0.2) is 0 Å². The van der Waals surface area contributed by atoms with Crippen LogP contribution >= 0.6 is 0 Å². The van der Waals surface area contributed by atoms with Crippen LogP contribution in [0.25, 0.3) is 0 Å². The van der Waals surface area contributed by atoms with Crippen LogP contribution in [0.1, 0.15) is 30.9 Å². The van der Waals surface area contributed by atoms with E-state index in [1.807, 2.05) is 30.6 Å². The molecule has 2 aromatic heterocycles. The number of aromatic nitrogens is 3. The van der Waals surface area contributed by atoms with Crippen molar-refractivity contribution in [1.29, 1.82) is 0 Å². The summed E-state index contributed by atoms with van der Waals surface area (Å²) in [5, 5.41) is 5.99. The van der Waals surface area contributed by atoms with Crippen LogP contribution in [0.15, 0.2) is 48.1 Å². The van der Waals surface area contributed by atoms with Gasteiger partial charge in [0.1, 0.15) is 0 Å². The highest BCUT2D eigenvalue weighted by Gasteiger charge is 2.35. The molecule has 1 unspecified atom stereocenters. The SMILES string of the molecule is O=C(C1CCN(c2ncccn2)CC1)N1N=CCC1c1cccnc1. The molecule has 7 heteroatoms. The van der Waals surface area contributed by atoms with Crippen LogP contribution in [0.5, 0.6) is 0 Å². The van der Waals surface area contributed by atoms with Gasteiger partial charge in [0.25, 0.3) is 0 Å². The zero-order valence-corrected chi connectivity index (χ0v) is 13.9. The van der Waals surface area contributed by atoms with Gasteiger partial charge in [0.2, 0.25) is 11.9 Å². The van der Waals surface area contributed by atoms with Gasteiger partial charge in [-0.05, 0) is 30.5 Å². The minimum atomic E-state index is -0.0308. The standard InChI is InChI=1S/C18H20N6O/c25-17(24-16(4-10-22-24)15-3-1-7-19-13-15)14-5-11-23(12-6-14)18-20-8-2-9-21-18/h1-3,7-10,13-14,16H,4-6,11-12H2. The van der Waals surface area contributed by atoms with Crippen LogP contribution in [0, 0.1) is 5.92 Å². The first kappa shape index (κ1) is 15.7. The second-order valence-electron chi connectivity index (χ2n) is 6.33. The molecule has 4 heterocycles. The van der Waals surface area contributed by atoms with Crippen molar-refractivity contribution < 1.29 is 4.79 Å². The van der Waals surface area contributed by atoms with Crippen molar-refractivity contribution in [3.63, 3.8) is 0 Å². The van der Waals surface area contributed by atoms with Gasteiger partial charge in [-0.25, -0.2) is 15.0 Å². The molecule has 1 saturated heterocycles. The average Bonchev–Trinajstić information content (AvgIpc) is 3.19. The summed E-state index contributed by atoms with van der Waals surface area (Å²) < 4.78 is 0. The summed E-state index contributed by atoms with van der Waals surface area (Å²) in [6.45, 7) is 1.57. The third kappa shape index (κ3) is 3.22. The lowest BCUT2D eigenvalue weighted by molar-refractivity contribution is -0.138. The van der Waals surface area contributed by atoms with Gasteiger partial charge < -0.3 is 4.90 Å². The normalized spacial score (nSPS) is 20.9. The lowest BCUT2D eigenvalue weighted by Crippen LogP contribution is -2.41. The van der Waals surface area contributed by atoms with Gasteiger partial charge in [-0.2, -0.15) is 5.10 Å². The van der Waals surface area contributed by atoms with Crippen LogP contribution in [-0.4, -0.2) is 45.2 Å². The fourth-order valence-electron chi connectivity index (χ4n) is 3.44. The highest BCUT2D eigenvalue weighted by molar-refractivity contribution is 5.82. The van der Waals surface area contributed by atoms with Crippen molar-refractivity contribution in [3.8, 4) is 0 Å². The maximum atomic E-state index is 13.0. The topological polar surface area (TPSA) is 74.6 Å². The number of hydrogen-bond donors (Lipinski definition) is 0. The van der Waals surface area contributed by atoms with Crippen molar-refractivity contribution in [2.75, 3.05) is 18.0 Å². The number of carbonyl (C=O) groups excluding carboxylic acids is 1. The molecule has 2 aliphatic heterocycles. The highest BCUT2D eigenvalue weighted by Crippen LogP contribution is 2.31. The van der Waals surface area contributed by atoms with Gasteiger partial charge in [0, 0.05) is 56.4 Å². The molecule has 0 N–H and O–H groups in total. The van der Waals surface area contributed by atoms with E-state index in [1.165, 1.54) is 0 Å². The molecule has 0 spiro atoms. The maximum Gasteiger partial charge on any atom is 0.246 e. The number of piperidine rings is 1. The van der Waals surface area contributed by atoms with Crippen molar-refractivity contribution in [2.45, 2.75) is 25.3 Å². The Hall–Kier alpha value is -2.83. The van der Waals surface area contributed by atoms with E-state index in [0.717, 1.165) is 43.9 Å². The molecular weight excluding hydrogens is 316 g/mol. The first-order valence-electron chi connectivity index (χ1n) is 8.60. The molecule has 1 atom stereocenters. The zero-order chi connectivity index (χ0) is 17.1. The summed E-state index contributed by atoms with van der Waals surface area (Å²) in [4.78, 5) is 27.8. The van der Waals surface area contributed by atoms with E-state index >= 15 is 0 Å². The van der Waals surface area contributed by atoms with Crippen LogP contribution < -0.4 is 4.90 Å². The predicted octanol–water partition coefficient (Wildman–Crippen LogP) is 2.05. The Morgan fingerprint density at radius 1 is 1.08 bits per heavy atom. The summed E-state index contributed by atoms with van der Waals surface area (Å²) in [6.07, 6.45) is 11.2. The molecule has 0 aliphatic carbocycles.